The van der Waals surface area contributed by atoms with E-state index in [0.29, 0.717) is 17.6 Å². The molecule has 0 saturated carbocycles. The van der Waals surface area contributed by atoms with E-state index in [4.69, 9.17) is 4.98 Å². The van der Waals surface area contributed by atoms with Gasteiger partial charge >= 0.3 is 0 Å². The third-order valence-electron chi connectivity index (χ3n) is 5.39. The molecule has 5 rings (SSSR count). The molecule has 4 aromatic rings. The van der Waals surface area contributed by atoms with Gasteiger partial charge in [0, 0.05) is 24.6 Å². The van der Waals surface area contributed by atoms with E-state index in [1.165, 1.54) is 5.56 Å². The molecule has 2 aromatic heterocycles. The highest BCUT2D eigenvalue weighted by molar-refractivity contribution is 5.97. The second-order valence-corrected chi connectivity index (χ2v) is 7.21. The van der Waals surface area contributed by atoms with Gasteiger partial charge in [-0.05, 0) is 49.6 Å². The van der Waals surface area contributed by atoms with E-state index in [0.717, 1.165) is 41.8 Å². The number of likely N-dealkylation sites (tertiary alicyclic amines) is 1. The predicted octanol–water partition coefficient (Wildman–Crippen LogP) is 3.16. The van der Waals surface area contributed by atoms with Crippen LogP contribution in [0.15, 0.2) is 36.4 Å². The minimum atomic E-state index is 0.0388. The third kappa shape index (κ3) is 2.75. The Morgan fingerprint density at radius 3 is 2.96 bits per heavy atom. The van der Waals surface area contributed by atoms with Crippen LogP contribution in [-0.4, -0.2) is 49.3 Å². The van der Waals surface area contributed by atoms with Crippen molar-refractivity contribution in [1.29, 1.82) is 0 Å². The number of aromatic amines is 2. The fraction of sp³-hybridized carbons (Fsp3) is 0.300. The summed E-state index contributed by atoms with van der Waals surface area (Å²) in [6.07, 6.45) is 2.00. The monoisotopic (exact) mass is 360 g/mol. The molecule has 0 spiro atoms. The number of amides is 1. The summed E-state index contributed by atoms with van der Waals surface area (Å²) in [6, 6.07) is 11.6. The van der Waals surface area contributed by atoms with Crippen LogP contribution in [0.4, 0.5) is 0 Å². The Bertz CT molecular complexity index is 1140. The maximum Gasteiger partial charge on any atom is 0.253 e. The molecule has 0 radical (unpaired) electrons. The molecule has 0 unspecified atom stereocenters. The average Bonchev–Trinajstić information content (AvgIpc) is 3.34. The fourth-order valence-corrected chi connectivity index (χ4v) is 3.93. The molecule has 136 valence electrons. The van der Waals surface area contributed by atoms with E-state index < -0.39 is 0 Å². The zero-order valence-corrected chi connectivity index (χ0v) is 15.1. The Kier molecular flexibility index (Phi) is 3.67. The van der Waals surface area contributed by atoms with Crippen LogP contribution in [0, 0.1) is 6.92 Å². The number of piperidine rings is 1. The van der Waals surface area contributed by atoms with E-state index in [1.807, 2.05) is 23.1 Å². The van der Waals surface area contributed by atoms with Crippen LogP contribution >= 0.6 is 0 Å². The Hall–Kier alpha value is -3.22. The summed E-state index contributed by atoms with van der Waals surface area (Å²) in [5.74, 6) is 1.24. The minimum absolute atomic E-state index is 0.0388. The van der Waals surface area contributed by atoms with E-state index >= 15 is 0 Å². The van der Waals surface area contributed by atoms with Crippen molar-refractivity contribution in [3.8, 4) is 0 Å². The van der Waals surface area contributed by atoms with Crippen LogP contribution < -0.4 is 0 Å². The van der Waals surface area contributed by atoms with Crippen LogP contribution in [-0.2, 0) is 0 Å². The summed E-state index contributed by atoms with van der Waals surface area (Å²) in [7, 11) is 0. The number of H-pyrrole nitrogens is 2. The summed E-state index contributed by atoms with van der Waals surface area (Å²) < 4.78 is 0. The minimum Gasteiger partial charge on any atom is -0.342 e. The molecular weight excluding hydrogens is 340 g/mol. The lowest BCUT2D eigenvalue weighted by atomic mass is 9.96. The lowest BCUT2D eigenvalue weighted by Gasteiger charge is -2.32. The molecule has 1 atom stereocenters. The van der Waals surface area contributed by atoms with Crippen LogP contribution in [0.3, 0.4) is 0 Å². The van der Waals surface area contributed by atoms with Gasteiger partial charge in [-0.15, -0.1) is 0 Å². The zero-order valence-electron chi connectivity index (χ0n) is 15.1. The van der Waals surface area contributed by atoms with E-state index in [9.17, 15) is 4.79 Å². The van der Waals surface area contributed by atoms with Crippen molar-refractivity contribution in [3.05, 3.63) is 53.3 Å². The number of imidazole rings is 1. The van der Waals surface area contributed by atoms with Crippen molar-refractivity contribution < 1.29 is 4.79 Å². The molecule has 1 saturated heterocycles. The molecule has 27 heavy (non-hydrogen) atoms. The second kappa shape index (κ2) is 6.19. The number of rotatable bonds is 2. The highest BCUT2D eigenvalue weighted by Gasteiger charge is 2.27. The maximum absolute atomic E-state index is 13.0. The maximum atomic E-state index is 13.0. The molecule has 0 bridgehead atoms. The van der Waals surface area contributed by atoms with Crippen molar-refractivity contribution in [1.82, 2.24) is 30.3 Å². The molecule has 3 heterocycles. The standard InChI is InChI=1S/C20H20N6O/c1-12-4-2-6-16-18(12)22-19(21-16)14-5-3-9-26(11-14)20(27)13-7-8-15-17(10-13)24-25-23-15/h2,4,6-8,10,14H,3,5,9,11H2,1H3,(H,21,22)(H,23,24,25)/t14-/m0/s1. The summed E-state index contributed by atoms with van der Waals surface area (Å²) in [5.41, 5.74) is 5.37. The molecule has 1 amide bonds. The number of aryl methyl sites for hydroxylation is 1. The Balaban J connectivity index is 1.40. The van der Waals surface area contributed by atoms with Gasteiger partial charge in [0.2, 0.25) is 0 Å². The molecule has 0 aliphatic carbocycles. The van der Waals surface area contributed by atoms with Crippen molar-refractivity contribution in [2.75, 3.05) is 13.1 Å². The van der Waals surface area contributed by atoms with Crippen LogP contribution in [0.2, 0.25) is 0 Å². The predicted molar refractivity (Wildman–Crippen MR) is 103 cm³/mol. The number of nitrogens with one attached hydrogen (secondary N) is 2. The van der Waals surface area contributed by atoms with Gasteiger partial charge in [0.15, 0.2) is 0 Å². The van der Waals surface area contributed by atoms with Crippen LogP contribution in [0.1, 0.15) is 40.5 Å². The molecule has 1 aliphatic rings. The number of carbonyl (C=O) groups is 1. The molecule has 2 N–H and O–H groups in total. The van der Waals surface area contributed by atoms with Crippen LogP contribution in [0.5, 0.6) is 0 Å². The van der Waals surface area contributed by atoms with Gasteiger partial charge in [0.1, 0.15) is 16.9 Å². The first kappa shape index (κ1) is 16.0. The molecule has 7 nitrogen and oxygen atoms in total. The number of hydrogen-bond donors (Lipinski definition) is 2. The van der Waals surface area contributed by atoms with Crippen LogP contribution in [0.25, 0.3) is 22.1 Å². The quantitative estimate of drug-likeness (QED) is 0.574. The number of nitrogens with zero attached hydrogens (tertiary/aromatic N) is 4. The number of hydrogen-bond acceptors (Lipinski definition) is 4. The van der Waals surface area contributed by atoms with Gasteiger partial charge in [0.05, 0.1) is 11.0 Å². The van der Waals surface area contributed by atoms with Gasteiger partial charge in [-0.1, -0.05) is 12.1 Å². The second-order valence-electron chi connectivity index (χ2n) is 7.21. The van der Waals surface area contributed by atoms with Gasteiger partial charge in [-0.2, -0.15) is 15.4 Å². The Morgan fingerprint density at radius 2 is 2.07 bits per heavy atom. The number of benzene rings is 2. The first-order valence-electron chi connectivity index (χ1n) is 9.24. The van der Waals surface area contributed by atoms with Crippen molar-refractivity contribution >= 4 is 28.0 Å². The highest BCUT2D eigenvalue weighted by Crippen LogP contribution is 2.28. The smallest absolute Gasteiger partial charge is 0.253 e. The highest BCUT2D eigenvalue weighted by atomic mass is 16.2. The van der Waals surface area contributed by atoms with Gasteiger partial charge < -0.3 is 9.88 Å². The lowest BCUT2D eigenvalue weighted by molar-refractivity contribution is 0.0705. The van der Waals surface area contributed by atoms with Gasteiger partial charge in [-0.3, -0.25) is 4.79 Å². The number of fused-ring (bicyclic) bond motifs is 2. The van der Waals surface area contributed by atoms with Crippen molar-refractivity contribution in [2.24, 2.45) is 0 Å². The normalized spacial score (nSPS) is 17.7. The molecule has 1 fully saturated rings. The van der Waals surface area contributed by atoms with Gasteiger partial charge in [0.25, 0.3) is 5.91 Å². The van der Waals surface area contributed by atoms with E-state index in [1.54, 1.807) is 6.07 Å². The zero-order chi connectivity index (χ0) is 18.4. The fourth-order valence-electron chi connectivity index (χ4n) is 3.93. The average molecular weight is 360 g/mol. The van der Waals surface area contributed by atoms with E-state index in [-0.39, 0.29) is 11.8 Å². The molecule has 2 aromatic carbocycles. The van der Waals surface area contributed by atoms with Crippen molar-refractivity contribution in [2.45, 2.75) is 25.7 Å². The molecule has 7 heteroatoms. The first-order valence-corrected chi connectivity index (χ1v) is 9.24. The third-order valence-corrected chi connectivity index (χ3v) is 5.39. The number of carbonyl (C=O) groups excluding carboxylic acids is 1. The molecular formula is C20H20N6O. The number of para-hydroxylation sites is 1. The van der Waals surface area contributed by atoms with E-state index in [2.05, 4.69) is 39.5 Å². The first-order chi connectivity index (χ1) is 13.2. The summed E-state index contributed by atoms with van der Waals surface area (Å²) >= 11 is 0. The Morgan fingerprint density at radius 1 is 1.19 bits per heavy atom. The summed E-state index contributed by atoms with van der Waals surface area (Å²) in [4.78, 5) is 23.2. The van der Waals surface area contributed by atoms with Gasteiger partial charge in [-0.25, -0.2) is 4.98 Å². The molecule has 1 aliphatic heterocycles. The topological polar surface area (TPSA) is 90.6 Å². The largest absolute Gasteiger partial charge is 0.342 e. The summed E-state index contributed by atoms with van der Waals surface area (Å²) in [6.45, 7) is 3.52. The van der Waals surface area contributed by atoms with Crippen molar-refractivity contribution in [3.63, 3.8) is 0 Å². The SMILES string of the molecule is Cc1cccc2[nH]c([C@H]3CCCN(C(=O)c4ccc5n[nH]nc5c4)C3)nc12. The lowest BCUT2D eigenvalue weighted by Crippen LogP contribution is -2.39. The Labute approximate surface area is 155 Å². The number of aromatic nitrogens is 5. The summed E-state index contributed by atoms with van der Waals surface area (Å²) in [5, 5.41) is 10.7.